The lowest BCUT2D eigenvalue weighted by molar-refractivity contribution is 0.102. The maximum Gasteiger partial charge on any atom is 0.283 e. The monoisotopic (exact) mass is 407 g/mol. The van der Waals surface area contributed by atoms with E-state index < -0.39 is 12.5 Å². The van der Waals surface area contributed by atoms with Crippen molar-refractivity contribution in [2.75, 3.05) is 12.4 Å². The number of hydrogen-bond acceptors (Lipinski definition) is 8. The molecule has 0 atom stereocenters. The molecule has 152 valence electrons. The molecule has 0 bridgehead atoms. The van der Waals surface area contributed by atoms with Gasteiger partial charge in [0, 0.05) is 22.4 Å². The van der Waals surface area contributed by atoms with Crippen molar-refractivity contribution in [3.63, 3.8) is 0 Å². The second kappa shape index (κ2) is 8.10. The number of aromatic hydroxyl groups is 1. The molecule has 30 heavy (non-hydrogen) atoms. The molecular weight excluding hydrogens is 390 g/mol. The first-order chi connectivity index (χ1) is 14.6. The van der Waals surface area contributed by atoms with Crippen molar-refractivity contribution in [1.29, 1.82) is 0 Å². The third kappa shape index (κ3) is 3.74. The highest BCUT2D eigenvalue weighted by Crippen LogP contribution is 2.32. The van der Waals surface area contributed by atoms with Gasteiger partial charge in [-0.15, -0.1) is 10.2 Å². The minimum atomic E-state index is -0.443. The number of benzene rings is 2. The Morgan fingerprint density at radius 3 is 2.70 bits per heavy atom. The number of carbonyl (C=O) groups excluding carboxylic acids is 1. The van der Waals surface area contributed by atoms with Crippen LogP contribution in [0.25, 0.3) is 23.1 Å². The zero-order valence-corrected chi connectivity index (χ0v) is 15.8. The Hall–Kier alpha value is -4.11. The largest absolute Gasteiger partial charge is 0.504 e. The van der Waals surface area contributed by atoms with Gasteiger partial charge in [0.25, 0.3) is 11.8 Å². The van der Waals surface area contributed by atoms with Crippen molar-refractivity contribution < 1.29 is 28.6 Å². The fourth-order valence-corrected chi connectivity index (χ4v) is 2.85. The quantitative estimate of drug-likeness (QED) is 0.443. The number of ether oxygens (including phenoxy) is 1. The van der Waals surface area contributed by atoms with Gasteiger partial charge in [-0.1, -0.05) is 6.07 Å². The topological polar surface area (TPSA) is 131 Å². The maximum absolute atomic E-state index is 12.7. The van der Waals surface area contributed by atoms with Gasteiger partial charge in [0.05, 0.1) is 20.0 Å². The molecule has 2 aromatic heterocycles. The summed E-state index contributed by atoms with van der Waals surface area (Å²) in [6, 6.07) is 13.1. The van der Waals surface area contributed by atoms with Crippen LogP contribution in [0.15, 0.2) is 63.6 Å². The molecule has 0 radical (unpaired) electrons. The summed E-state index contributed by atoms with van der Waals surface area (Å²) in [5.74, 6) is 0.420. The van der Waals surface area contributed by atoms with Crippen LogP contribution < -0.4 is 10.1 Å². The van der Waals surface area contributed by atoms with Gasteiger partial charge >= 0.3 is 0 Å². The molecule has 9 nitrogen and oxygen atoms in total. The Morgan fingerprint density at radius 2 is 1.97 bits per heavy atom. The first-order valence-corrected chi connectivity index (χ1v) is 8.89. The zero-order valence-electron chi connectivity index (χ0n) is 15.8. The van der Waals surface area contributed by atoms with E-state index in [0.29, 0.717) is 17.0 Å². The van der Waals surface area contributed by atoms with Crippen LogP contribution in [0.3, 0.4) is 0 Å². The molecule has 0 spiro atoms. The SMILES string of the molecule is COc1cc(C(=O)Nc2cccc(-c3nnc(-c4ccco4)o3)c2)cc(CO)c1O. The minimum absolute atomic E-state index is 0.0942. The number of nitrogens with zero attached hydrogens (tertiary/aromatic N) is 2. The molecule has 2 heterocycles. The number of aliphatic hydroxyl groups is 1. The van der Waals surface area contributed by atoms with E-state index in [9.17, 15) is 15.0 Å². The van der Waals surface area contributed by atoms with Crippen LogP contribution in [0.2, 0.25) is 0 Å². The van der Waals surface area contributed by atoms with E-state index in [-0.39, 0.29) is 34.4 Å². The summed E-state index contributed by atoms with van der Waals surface area (Å²) >= 11 is 0. The second-order valence-electron chi connectivity index (χ2n) is 6.27. The van der Waals surface area contributed by atoms with Gasteiger partial charge in [-0.05, 0) is 42.5 Å². The normalized spacial score (nSPS) is 10.7. The van der Waals surface area contributed by atoms with Crippen LogP contribution in [0, 0.1) is 0 Å². The molecule has 4 aromatic rings. The molecule has 0 aliphatic rings. The Labute approximate surface area is 170 Å². The highest BCUT2D eigenvalue weighted by molar-refractivity contribution is 6.05. The average Bonchev–Trinajstić information content (AvgIpc) is 3.46. The number of anilines is 1. The first kappa shape index (κ1) is 19.2. The van der Waals surface area contributed by atoms with Crippen molar-refractivity contribution in [2.45, 2.75) is 6.61 Å². The number of carbonyl (C=O) groups is 1. The number of phenols is 1. The Bertz CT molecular complexity index is 1160. The summed E-state index contributed by atoms with van der Waals surface area (Å²) in [6.07, 6.45) is 1.51. The lowest BCUT2D eigenvalue weighted by Crippen LogP contribution is -2.12. The molecule has 2 aromatic carbocycles. The van der Waals surface area contributed by atoms with Crippen LogP contribution in [0.5, 0.6) is 11.5 Å². The van der Waals surface area contributed by atoms with Crippen molar-refractivity contribution in [3.8, 4) is 34.6 Å². The van der Waals surface area contributed by atoms with Crippen molar-refractivity contribution >= 4 is 11.6 Å². The molecule has 0 unspecified atom stereocenters. The van der Waals surface area contributed by atoms with Gasteiger partial charge in [0.1, 0.15) is 0 Å². The van der Waals surface area contributed by atoms with Crippen molar-refractivity contribution in [3.05, 3.63) is 65.9 Å². The summed E-state index contributed by atoms with van der Waals surface area (Å²) in [5, 5.41) is 30.1. The summed E-state index contributed by atoms with van der Waals surface area (Å²) in [6.45, 7) is -0.437. The zero-order chi connectivity index (χ0) is 21.1. The van der Waals surface area contributed by atoms with Gasteiger partial charge in [-0.3, -0.25) is 4.79 Å². The summed E-state index contributed by atoms with van der Waals surface area (Å²) < 4.78 is 15.9. The number of hydrogen-bond donors (Lipinski definition) is 3. The molecule has 0 saturated carbocycles. The maximum atomic E-state index is 12.7. The molecule has 0 aliphatic heterocycles. The average molecular weight is 407 g/mol. The standard InChI is InChI=1S/C21H17N3O6/c1-28-17-10-13(8-14(11-25)18(17)26)19(27)22-15-5-2-4-12(9-15)20-23-24-21(30-20)16-6-3-7-29-16/h2-10,25-26H,11H2,1H3,(H,22,27). The lowest BCUT2D eigenvalue weighted by atomic mass is 10.1. The molecular formula is C21H17N3O6. The van der Waals surface area contributed by atoms with Gasteiger partial charge in [0.2, 0.25) is 5.89 Å². The number of methoxy groups -OCH3 is 1. The number of aliphatic hydroxyl groups excluding tert-OH is 1. The number of nitrogens with one attached hydrogen (secondary N) is 1. The van der Waals surface area contributed by atoms with Crippen LogP contribution in [-0.4, -0.2) is 33.4 Å². The Morgan fingerprint density at radius 1 is 1.13 bits per heavy atom. The number of rotatable bonds is 6. The van der Waals surface area contributed by atoms with E-state index in [1.807, 2.05) is 0 Å². The fourth-order valence-electron chi connectivity index (χ4n) is 2.85. The molecule has 0 fully saturated rings. The van der Waals surface area contributed by atoms with Gasteiger partial charge in [-0.2, -0.15) is 0 Å². The number of amides is 1. The molecule has 0 aliphatic carbocycles. The molecule has 9 heteroatoms. The molecule has 1 amide bonds. The second-order valence-corrected chi connectivity index (χ2v) is 6.27. The molecule has 4 rings (SSSR count). The van der Waals surface area contributed by atoms with Crippen molar-refractivity contribution in [1.82, 2.24) is 10.2 Å². The third-order valence-corrected chi connectivity index (χ3v) is 4.33. The van der Waals surface area contributed by atoms with E-state index in [1.165, 1.54) is 25.5 Å². The van der Waals surface area contributed by atoms with Gasteiger partial charge in [0.15, 0.2) is 17.3 Å². The highest BCUT2D eigenvalue weighted by Gasteiger charge is 2.16. The number of aromatic nitrogens is 2. The molecule has 3 N–H and O–H groups in total. The first-order valence-electron chi connectivity index (χ1n) is 8.89. The Balaban J connectivity index is 1.57. The predicted octanol–water partition coefficient (Wildman–Crippen LogP) is 3.46. The van der Waals surface area contributed by atoms with Gasteiger partial charge in [-0.25, -0.2) is 0 Å². The highest BCUT2D eigenvalue weighted by atomic mass is 16.5. The third-order valence-electron chi connectivity index (χ3n) is 4.33. The fraction of sp³-hybridized carbons (Fsp3) is 0.0952. The Kier molecular flexibility index (Phi) is 5.19. The van der Waals surface area contributed by atoms with E-state index in [4.69, 9.17) is 13.6 Å². The van der Waals surface area contributed by atoms with E-state index in [0.717, 1.165) is 0 Å². The van der Waals surface area contributed by atoms with Crippen LogP contribution in [-0.2, 0) is 6.61 Å². The number of furan rings is 1. The van der Waals surface area contributed by atoms with Crippen LogP contribution in [0.4, 0.5) is 5.69 Å². The summed E-state index contributed by atoms with van der Waals surface area (Å²) in [4.78, 5) is 12.7. The smallest absolute Gasteiger partial charge is 0.283 e. The van der Waals surface area contributed by atoms with Crippen molar-refractivity contribution in [2.24, 2.45) is 0 Å². The van der Waals surface area contributed by atoms with Crippen LogP contribution in [0.1, 0.15) is 15.9 Å². The summed E-state index contributed by atoms with van der Waals surface area (Å²) in [7, 11) is 1.36. The summed E-state index contributed by atoms with van der Waals surface area (Å²) in [5.41, 5.74) is 1.51. The lowest BCUT2D eigenvalue weighted by Gasteiger charge is -2.11. The van der Waals surface area contributed by atoms with E-state index in [2.05, 4.69) is 15.5 Å². The van der Waals surface area contributed by atoms with Gasteiger partial charge < -0.3 is 29.1 Å². The van der Waals surface area contributed by atoms with E-state index in [1.54, 1.807) is 36.4 Å². The predicted molar refractivity (Wildman–Crippen MR) is 106 cm³/mol. The minimum Gasteiger partial charge on any atom is -0.504 e. The molecule has 0 saturated heterocycles. The van der Waals surface area contributed by atoms with Crippen LogP contribution >= 0.6 is 0 Å². The van der Waals surface area contributed by atoms with E-state index >= 15 is 0 Å².